The van der Waals surface area contributed by atoms with Gasteiger partial charge in [-0.2, -0.15) is 5.10 Å². The lowest BCUT2D eigenvalue weighted by molar-refractivity contribution is -0.145. The minimum atomic E-state index is -0.767. The summed E-state index contributed by atoms with van der Waals surface area (Å²) in [5.41, 5.74) is 1.71. The normalized spacial score (nSPS) is 24.2. The number of nitrogens with one attached hydrogen (secondary N) is 1. The van der Waals surface area contributed by atoms with Gasteiger partial charge in [-0.15, -0.1) is 0 Å². The summed E-state index contributed by atoms with van der Waals surface area (Å²) in [4.78, 5) is 25.9. The zero-order chi connectivity index (χ0) is 18.1. The van der Waals surface area contributed by atoms with Crippen LogP contribution in [0.3, 0.4) is 0 Å². The van der Waals surface area contributed by atoms with Gasteiger partial charge < -0.3 is 14.7 Å². The van der Waals surface area contributed by atoms with Crippen molar-refractivity contribution in [3.8, 4) is 0 Å². The van der Waals surface area contributed by atoms with E-state index in [0.717, 1.165) is 29.4 Å². The number of benzene rings is 1. The predicted octanol–water partition coefficient (Wildman–Crippen LogP) is 1.83. The van der Waals surface area contributed by atoms with Crippen molar-refractivity contribution in [2.75, 3.05) is 19.7 Å². The average molecular weight is 357 g/mol. The Balaban J connectivity index is 1.36. The van der Waals surface area contributed by atoms with E-state index in [4.69, 9.17) is 4.74 Å². The number of aliphatic carboxylic acids is 1. The monoisotopic (exact) mass is 357 g/mol. The van der Waals surface area contributed by atoms with Crippen molar-refractivity contribution in [3.05, 3.63) is 30.0 Å². The standard InChI is InChI=1S/C19H23N3O4/c23-17(11-16-13-3-1-2-4-15(13)20-21-16)22-8-5-12(6-9-22)18-14(19(24)25)7-10-26-18/h1-4,12,14,18H,5-11H2,(H,20,21)(H,24,25)/t14?,18-/m0/s1. The zero-order valence-corrected chi connectivity index (χ0v) is 14.6. The molecule has 1 aromatic heterocycles. The Bertz CT molecular complexity index is 810. The summed E-state index contributed by atoms with van der Waals surface area (Å²) in [6.45, 7) is 1.83. The van der Waals surface area contributed by atoms with E-state index in [1.807, 2.05) is 29.2 Å². The van der Waals surface area contributed by atoms with E-state index < -0.39 is 11.9 Å². The first-order valence-electron chi connectivity index (χ1n) is 9.17. The molecule has 2 aromatic rings. The van der Waals surface area contributed by atoms with Gasteiger partial charge in [0.1, 0.15) is 0 Å². The minimum absolute atomic E-state index is 0.0833. The summed E-state index contributed by atoms with van der Waals surface area (Å²) in [7, 11) is 0. The van der Waals surface area contributed by atoms with Gasteiger partial charge in [0.05, 0.1) is 29.7 Å². The molecule has 2 fully saturated rings. The Hall–Kier alpha value is -2.41. The third kappa shape index (κ3) is 3.19. The van der Waals surface area contributed by atoms with E-state index >= 15 is 0 Å². The summed E-state index contributed by atoms with van der Waals surface area (Å²) in [5, 5.41) is 17.5. The fourth-order valence-corrected chi connectivity index (χ4v) is 4.23. The molecule has 1 unspecified atom stereocenters. The molecule has 138 valence electrons. The van der Waals surface area contributed by atoms with Crippen LogP contribution in [0.4, 0.5) is 0 Å². The van der Waals surface area contributed by atoms with Crippen LogP contribution >= 0.6 is 0 Å². The predicted molar refractivity (Wildman–Crippen MR) is 94.6 cm³/mol. The molecule has 3 heterocycles. The number of aromatic nitrogens is 2. The molecule has 4 rings (SSSR count). The Kier molecular flexibility index (Phi) is 4.63. The molecular formula is C19H23N3O4. The number of fused-ring (bicyclic) bond motifs is 1. The first kappa shape index (κ1) is 17.0. The highest BCUT2D eigenvalue weighted by Gasteiger charge is 2.40. The van der Waals surface area contributed by atoms with Gasteiger partial charge in [0.15, 0.2) is 0 Å². The topological polar surface area (TPSA) is 95.5 Å². The Morgan fingerprint density at radius 2 is 2.00 bits per heavy atom. The number of carbonyl (C=O) groups excluding carboxylic acids is 1. The van der Waals surface area contributed by atoms with Crippen molar-refractivity contribution in [1.29, 1.82) is 0 Å². The van der Waals surface area contributed by atoms with Crippen LogP contribution in [0.5, 0.6) is 0 Å². The molecule has 2 atom stereocenters. The molecule has 1 amide bonds. The lowest BCUT2D eigenvalue weighted by Crippen LogP contribution is -2.43. The number of carbonyl (C=O) groups is 2. The molecule has 7 nitrogen and oxygen atoms in total. The van der Waals surface area contributed by atoms with Crippen molar-refractivity contribution < 1.29 is 19.4 Å². The molecule has 0 spiro atoms. The number of hydrogen-bond acceptors (Lipinski definition) is 4. The van der Waals surface area contributed by atoms with Crippen molar-refractivity contribution in [2.45, 2.75) is 31.8 Å². The molecule has 0 saturated carbocycles. The van der Waals surface area contributed by atoms with Gasteiger partial charge in [0.2, 0.25) is 5.91 Å². The van der Waals surface area contributed by atoms with Crippen LogP contribution < -0.4 is 0 Å². The van der Waals surface area contributed by atoms with Gasteiger partial charge in [-0.05, 0) is 31.2 Å². The second-order valence-corrected chi connectivity index (χ2v) is 7.18. The molecule has 26 heavy (non-hydrogen) atoms. The van der Waals surface area contributed by atoms with Crippen molar-refractivity contribution in [3.63, 3.8) is 0 Å². The number of likely N-dealkylation sites (tertiary alicyclic amines) is 1. The van der Waals surface area contributed by atoms with E-state index in [1.54, 1.807) is 0 Å². The third-order valence-corrected chi connectivity index (χ3v) is 5.68. The van der Waals surface area contributed by atoms with Crippen LogP contribution in [0.15, 0.2) is 24.3 Å². The summed E-state index contributed by atoms with van der Waals surface area (Å²) in [5.74, 6) is -0.869. The number of piperidine rings is 1. The zero-order valence-electron chi connectivity index (χ0n) is 14.6. The molecular weight excluding hydrogens is 334 g/mol. The van der Waals surface area contributed by atoms with E-state index in [1.165, 1.54) is 0 Å². The number of rotatable bonds is 4. The van der Waals surface area contributed by atoms with Crippen LogP contribution in [0, 0.1) is 11.8 Å². The summed E-state index contributed by atoms with van der Waals surface area (Å²) in [6, 6.07) is 7.76. The van der Waals surface area contributed by atoms with E-state index in [0.29, 0.717) is 32.5 Å². The van der Waals surface area contributed by atoms with Gasteiger partial charge in [-0.25, -0.2) is 0 Å². The van der Waals surface area contributed by atoms with Gasteiger partial charge >= 0.3 is 5.97 Å². The molecule has 7 heteroatoms. The molecule has 2 N–H and O–H groups in total. The van der Waals surface area contributed by atoms with E-state index in [2.05, 4.69) is 10.2 Å². The Morgan fingerprint density at radius 1 is 1.23 bits per heavy atom. The fourth-order valence-electron chi connectivity index (χ4n) is 4.23. The number of para-hydroxylation sites is 1. The van der Waals surface area contributed by atoms with Crippen LogP contribution in [0.1, 0.15) is 25.0 Å². The highest BCUT2D eigenvalue weighted by Crippen LogP contribution is 2.33. The number of hydrogen-bond donors (Lipinski definition) is 2. The highest BCUT2D eigenvalue weighted by molar-refractivity contribution is 5.87. The largest absolute Gasteiger partial charge is 0.481 e. The number of ether oxygens (including phenoxy) is 1. The lowest BCUT2D eigenvalue weighted by Gasteiger charge is -2.35. The van der Waals surface area contributed by atoms with Crippen molar-refractivity contribution >= 4 is 22.8 Å². The molecule has 2 saturated heterocycles. The smallest absolute Gasteiger partial charge is 0.309 e. The number of amides is 1. The first-order valence-corrected chi connectivity index (χ1v) is 9.17. The van der Waals surface area contributed by atoms with Gasteiger partial charge in [0.25, 0.3) is 0 Å². The molecule has 0 radical (unpaired) electrons. The quantitative estimate of drug-likeness (QED) is 0.870. The second kappa shape index (κ2) is 7.07. The maximum absolute atomic E-state index is 12.7. The van der Waals surface area contributed by atoms with Crippen LogP contribution in [-0.4, -0.2) is 57.9 Å². The van der Waals surface area contributed by atoms with E-state index in [9.17, 15) is 14.7 Å². The average Bonchev–Trinajstić information content (AvgIpc) is 3.29. The van der Waals surface area contributed by atoms with Gasteiger partial charge in [-0.3, -0.25) is 14.7 Å². The second-order valence-electron chi connectivity index (χ2n) is 7.18. The maximum Gasteiger partial charge on any atom is 0.309 e. The Morgan fingerprint density at radius 3 is 2.77 bits per heavy atom. The summed E-state index contributed by atoms with van der Waals surface area (Å²) >= 11 is 0. The number of carboxylic acids is 1. The van der Waals surface area contributed by atoms with Crippen molar-refractivity contribution in [2.24, 2.45) is 11.8 Å². The van der Waals surface area contributed by atoms with Gasteiger partial charge in [0, 0.05) is 25.1 Å². The van der Waals surface area contributed by atoms with Crippen LogP contribution in [0.2, 0.25) is 0 Å². The molecule has 0 bridgehead atoms. The third-order valence-electron chi connectivity index (χ3n) is 5.68. The number of carboxylic acid groups (broad SMARTS) is 1. The lowest BCUT2D eigenvalue weighted by atomic mass is 9.84. The summed E-state index contributed by atoms with van der Waals surface area (Å²) < 4.78 is 5.70. The summed E-state index contributed by atoms with van der Waals surface area (Å²) in [6.07, 6.45) is 2.28. The van der Waals surface area contributed by atoms with Crippen LogP contribution in [0.25, 0.3) is 10.9 Å². The van der Waals surface area contributed by atoms with Gasteiger partial charge in [-0.1, -0.05) is 18.2 Å². The maximum atomic E-state index is 12.7. The highest BCUT2D eigenvalue weighted by atomic mass is 16.5. The minimum Gasteiger partial charge on any atom is -0.481 e. The molecule has 1 aromatic carbocycles. The number of nitrogens with zero attached hydrogens (tertiary/aromatic N) is 2. The first-order chi connectivity index (χ1) is 12.6. The molecule has 2 aliphatic rings. The van der Waals surface area contributed by atoms with Crippen LogP contribution in [-0.2, 0) is 20.7 Å². The molecule has 2 aliphatic heterocycles. The fraction of sp³-hybridized carbons (Fsp3) is 0.526. The SMILES string of the molecule is O=C(O)C1CCO[C@H]1C1CCN(C(=O)Cc2[nH]nc3ccccc23)CC1. The Labute approximate surface area is 151 Å². The van der Waals surface area contributed by atoms with E-state index in [-0.39, 0.29) is 17.9 Å². The van der Waals surface area contributed by atoms with Crippen molar-refractivity contribution in [1.82, 2.24) is 15.1 Å². The number of aromatic amines is 1. The molecule has 0 aliphatic carbocycles. The number of H-pyrrole nitrogens is 1.